The van der Waals surface area contributed by atoms with E-state index in [4.69, 9.17) is 4.99 Å². The SMILES string of the molecule is CC1=C(C(=O)Nc2ccccc2)[C@H](c2ccccc2)N=C(SCC(=O)Nc2ccc(C)cc2)N1. The highest BCUT2D eigenvalue weighted by Gasteiger charge is 2.29. The number of allylic oxidation sites excluding steroid dienone is 1. The third kappa shape index (κ3) is 5.94. The highest BCUT2D eigenvalue weighted by molar-refractivity contribution is 8.14. The third-order valence-corrected chi connectivity index (χ3v) is 6.17. The Kier molecular flexibility index (Phi) is 7.44. The van der Waals surface area contributed by atoms with Crippen molar-refractivity contribution >= 4 is 40.1 Å². The quantitative estimate of drug-likeness (QED) is 0.458. The highest BCUT2D eigenvalue weighted by atomic mass is 32.2. The Balaban J connectivity index is 1.50. The van der Waals surface area contributed by atoms with E-state index in [2.05, 4.69) is 16.0 Å². The summed E-state index contributed by atoms with van der Waals surface area (Å²) >= 11 is 1.31. The molecule has 6 nitrogen and oxygen atoms in total. The van der Waals surface area contributed by atoms with Crippen LogP contribution in [0.4, 0.5) is 11.4 Å². The summed E-state index contributed by atoms with van der Waals surface area (Å²) in [7, 11) is 0. The van der Waals surface area contributed by atoms with Crippen LogP contribution in [0.25, 0.3) is 0 Å². The van der Waals surface area contributed by atoms with Crippen molar-refractivity contribution in [3.05, 3.63) is 107 Å². The van der Waals surface area contributed by atoms with Crippen LogP contribution in [0.5, 0.6) is 0 Å². The Morgan fingerprint density at radius 3 is 2.15 bits per heavy atom. The molecule has 3 aromatic rings. The van der Waals surface area contributed by atoms with Gasteiger partial charge in [0.25, 0.3) is 5.91 Å². The van der Waals surface area contributed by atoms with Crippen LogP contribution in [0.2, 0.25) is 0 Å². The molecule has 2 amide bonds. The van der Waals surface area contributed by atoms with Gasteiger partial charge in [-0.25, -0.2) is 4.99 Å². The molecule has 0 unspecified atom stereocenters. The lowest BCUT2D eigenvalue weighted by Crippen LogP contribution is -2.32. The van der Waals surface area contributed by atoms with Crippen LogP contribution >= 0.6 is 11.8 Å². The van der Waals surface area contributed by atoms with Crippen LogP contribution < -0.4 is 16.0 Å². The van der Waals surface area contributed by atoms with Crippen LogP contribution in [-0.2, 0) is 9.59 Å². The summed E-state index contributed by atoms with van der Waals surface area (Å²) in [6.07, 6.45) is 0. The van der Waals surface area contributed by atoms with Crippen molar-refractivity contribution in [1.82, 2.24) is 5.32 Å². The second kappa shape index (κ2) is 10.9. The Morgan fingerprint density at radius 2 is 1.47 bits per heavy atom. The fraction of sp³-hybridized carbons (Fsp3) is 0.148. The van der Waals surface area contributed by atoms with Crippen LogP contribution in [0, 0.1) is 6.92 Å². The molecule has 3 N–H and O–H groups in total. The molecule has 1 aliphatic heterocycles. The Morgan fingerprint density at radius 1 is 0.853 bits per heavy atom. The number of carbonyl (C=O) groups excluding carboxylic acids is 2. The largest absolute Gasteiger partial charge is 0.338 e. The van der Waals surface area contributed by atoms with Crippen molar-refractivity contribution in [2.45, 2.75) is 19.9 Å². The zero-order valence-corrected chi connectivity index (χ0v) is 19.9. The fourth-order valence-electron chi connectivity index (χ4n) is 3.58. The first-order valence-corrected chi connectivity index (χ1v) is 11.9. The predicted octanol–water partition coefficient (Wildman–Crippen LogP) is 5.28. The summed E-state index contributed by atoms with van der Waals surface area (Å²) in [5.41, 5.74) is 4.77. The van der Waals surface area contributed by atoms with Gasteiger partial charge in [0.05, 0.1) is 11.3 Å². The highest BCUT2D eigenvalue weighted by Crippen LogP contribution is 2.33. The predicted molar refractivity (Wildman–Crippen MR) is 140 cm³/mol. The Hall–Kier alpha value is -3.84. The molecule has 4 rings (SSSR count). The second-order valence-corrected chi connectivity index (χ2v) is 8.90. The van der Waals surface area contributed by atoms with E-state index < -0.39 is 6.04 Å². The first kappa shape index (κ1) is 23.3. The van der Waals surface area contributed by atoms with Crippen LogP contribution in [0.1, 0.15) is 24.1 Å². The minimum Gasteiger partial charge on any atom is -0.338 e. The van der Waals surface area contributed by atoms with Crippen LogP contribution in [0.3, 0.4) is 0 Å². The van der Waals surface area contributed by atoms with Gasteiger partial charge in [0.15, 0.2) is 5.17 Å². The van der Waals surface area contributed by atoms with Crippen LogP contribution in [0.15, 0.2) is 101 Å². The first-order valence-electron chi connectivity index (χ1n) is 11.0. The van der Waals surface area contributed by atoms with Crippen molar-refractivity contribution in [3.8, 4) is 0 Å². The summed E-state index contributed by atoms with van der Waals surface area (Å²) in [5.74, 6) is -0.140. The number of amides is 2. The molecule has 34 heavy (non-hydrogen) atoms. The number of benzene rings is 3. The van der Waals surface area contributed by atoms with Crippen molar-refractivity contribution in [2.75, 3.05) is 16.4 Å². The van der Waals surface area contributed by atoms with E-state index in [1.54, 1.807) is 0 Å². The van der Waals surface area contributed by atoms with Gasteiger partial charge in [-0.2, -0.15) is 0 Å². The molecule has 1 atom stereocenters. The minimum absolute atomic E-state index is 0.121. The Labute approximate surface area is 203 Å². The number of amidine groups is 1. The van der Waals surface area contributed by atoms with Crippen molar-refractivity contribution in [2.24, 2.45) is 4.99 Å². The zero-order valence-electron chi connectivity index (χ0n) is 19.0. The molecule has 1 aliphatic rings. The van der Waals surface area contributed by atoms with Crippen molar-refractivity contribution < 1.29 is 9.59 Å². The number of aliphatic imine (C=N–C) groups is 1. The molecule has 0 aromatic heterocycles. The normalized spacial score (nSPS) is 15.2. The number of carbonyl (C=O) groups is 2. The van der Waals surface area contributed by atoms with E-state index in [1.165, 1.54) is 11.8 Å². The van der Waals surface area contributed by atoms with Crippen LogP contribution in [-0.4, -0.2) is 22.7 Å². The number of nitrogens with zero attached hydrogens (tertiary/aromatic N) is 1. The summed E-state index contributed by atoms with van der Waals surface area (Å²) in [6.45, 7) is 3.86. The molecule has 0 fully saturated rings. The number of hydrogen-bond acceptors (Lipinski definition) is 5. The Bertz CT molecular complexity index is 1220. The van der Waals surface area contributed by atoms with E-state index in [-0.39, 0.29) is 17.6 Å². The molecular weight excluding hydrogens is 444 g/mol. The van der Waals surface area contributed by atoms with Gasteiger partial charge in [-0.1, -0.05) is 78.0 Å². The molecule has 0 spiro atoms. The molecule has 3 aromatic carbocycles. The van der Waals surface area contributed by atoms with E-state index in [1.807, 2.05) is 98.8 Å². The van der Waals surface area contributed by atoms with Crippen molar-refractivity contribution in [3.63, 3.8) is 0 Å². The average Bonchev–Trinajstić information content (AvgIpc) is 2.85. The van der Waals surface area contributed by atoms with E-state index in [9.17, 15) is 9.59 Å². The molecular formula is C27H26N4O2S. The molecule has 1 heterocycles. The lowest BCUT2D eigenvalue weighted by atomic mass is 9.96. The van der Waals surface area contributed by atoms with Gasteiger partial charge in [-0.05, 0) is 43.7 Å². The fourth-order valence-corrected chi connectivity index (χ4v) is 4.32. The monoisotopic (exact) mass is 470 g/mol. The number of anilines is 2. The summed E-state index contributed by atoms with van der Waals surface area (Å²) < 4.78 is 0. The minimum atomic E-state index is -0.478. The maximum atomic E-state index is 13.2. The smallest absolute Gasteiger partial charge is 0.255 e. The van der Waals surface area contributed by atoms with Gasteiger partial charge in [0.1, 0.15) is 6.04 Å². The number of thioether (sulfide) groups is 1. The number of aryl methyl sites for hydroxylation is 1. The van der Waals surface area contributed by atoms with Gasteiger partial charge < -0.3 is 16.0 Å². The van der Waals surface area contributed by atoms with E-state index >= 15 is 0 Å². The molecule has 7 heteroatoms. The number of para-hydroxylation sites is 1. The van der Waals surface area contributed by atoms with Gasteiger partial charge in [-0.3, -0.25) is 9.59 Å². The summed E-state index contributed by atoms with van der Waals surface area (Å²) in [6, 6.07) is 26.2. The molecule has 0 aliphatic carbocycles. The lowest BCUT2D eigenvalue weighted by Gasteiger charge is -2.26. The number of hydrogen-bond donors (Lipinski definition) is 3. The number of nitrogens with one attached hydrogen (secondary N) is 3. The standard InChI is InChI=1S/C27H26N4O2S/c1-18-13-15-22(16-14-18)29-23(32)17-34-27-28-19(2)24(25(31-27)20-9-5-3-6-10-20)26(33)30-21-11-7-4-8-12-21/h3-16,25H,17H2,1-2H3,(H,28,31)(H,29,32)(H,30,33)/t25-/m0/s1. The van der Waals surface area contributed by atoms with E-state index in [0.29, 0.717) is 16.4 Å². The molecule has 172 valence electrons. The molecule has 0 bridgehead atoms. The summed E-state index contributed by atoms with van der Waals surface area (Å²) in [4.78, 5) is 30.5. The van der Waals surface area contributed by atoms with Gasteiger partial charge in [0, 0.05) is 17.1 Å². The average molecular weight is 471 g/mol. The lowest BCUT2D eigenvalue weighted by molar-refractivity contribution is -0.114. The van der Waals surface area contributed by atoms with Gasteiger partial charge in [0.2, 0.25) is 5.91 Å². The molecule has 0 radical (unpaired) electrons. The third-order valence-electron chi connectivity index (χ3n) is 5.29. The van der Waals surface area contributed by atoms with Gasteiger partial charge >= 0.3 is 0 Å². The molecule has 0 saturated heterocycles. The maximum Gasteiger partial charge on any atom is 0.255 e. The molecule has 0 saturated carbocycles. The first-order chi connectivity index (χ1) is 16.5. The second-order valence-electron chi connectivity index (χ2n) is 7.93. The maximum absolute atomic E-state index is 13.2. The summed E-state index contributed by atoms with van der Waals surface area (Å²) in [5, 5.41) is 9.67. The van der Waals surface area contributed by atoms with Crippen molar-refractivity contribution in [1.29, 1.82) is 0 Å². The number of rotatable bonds is 6. The zero-order chi connectivity index (χ0) is 23.9. The van der Waals surface area contributed by atoms with Gasteiger partial charge in [-0.15, -0.1) is 0 Å². The topological polar surface area (TPSA) is 82.6 Å². The van der Waals surface area contributed by atoms with E-state index in [0.717, 1.165) is 22.5 Å².